The van der Waals surface area contributed by atoms with Crippen LogP contribution in [-0.2, 0) is 9.31 Å². The second kappa shape index (κ2) is 2.84. The minimum Gasteiger partial charge on any atom is -0.402 e. The Kier molecular flexibility index (Phi) is 1.84. The molecule has 2 aliphatic rings. The van der Waals surface area contributed by atoms with Crippen LogP contribution in [0.4, 0.5) is 0 Å². The molecule has 2 atom stereocenters. The van der Waals surface area contributed by atoms with E-state index in [4.69, 9.17) is 9.31 Å². The first-order chi connectivity index (χ1) is 5.40. The molecule has 11 heavy (non-hydrogen) atoms. The third-order valence-electron chi connectivity index (χ3n) is 1.99. The summed E-state index contributed by atoms with van der Waals surface area (Å²) in [6, 6.07) is 0. The molecule has 0 N–H and O–H groups in total. The molecule has 0 spiro atoms. The van der Waals surface area contributed by atoms with Crippen molar-refractivity contribution in [3.63, 3.8) is 0 Å². The fourth-order valence-corrected chi connectivity index (χ4v) is 1.39. The van der Waals surface area contributed by atoms with E-state index in [1.165, 1.54) is 0 Å². The molecule has 0 aromatic rings. The summed E-state index contributed by atoms with van der Waals surface area (Å²) in [6.07, 6.45) is 9.33. The lowest BCUT2D eigenvalue weighted by atomic mass is 9.87. The van der Waals surface area contributed by atoms with Crippen LogP contribution in [0.15, 0.2) is 24.3 Å². The molecule has 0 saturated carbocycles. The Labute approximate surface area is 67.0 Å². The molecule has 58 valence electrons. The molecular formula is C8H11BO2. The summed E-state index contributed by atoms with van der Waals surface area (Å²) in [7, 11) is -0.00241. The Morgan fingerprint density at radius 2 is 1.73 bits per heavy atom. The summed E-state index contributed by atoms with van der Waals surface area (Å²) < 4.78 is 11.1. The third-order valence-corrected chi connectivity index (χ3v) is 1.99. The van der Waals surface area contributed by atoms with Crippen molar-refractivity contribution in [3.05, 3.63) is 24.3 Å². The maximum absolute atomic E-state index is 5.55. The van der Waals surface area contributed by atoms with Crippen molar-refractivity contribution in [2.45, 2.75) is 25.5 Å². The van der Waals surface area contributed by atoms with Crippen LogP contribution in [-0.4, -0.2) is 19.3 Å². The van der Waals surface area contributed by atoms with Gasteiger partial charge in [-0.2, -0.15) is 0 Å². The van der Waals surface area contributed by atoms with Gasteiger partial charge in [-0.3, -0.25) is 0 Å². The highest BCUT2D eigenvalue weighted by Gasteiger charge is 2.35. The Hall–Kier alpha value is -0.535. The molecule has 3 heteroatoms. The third kappa shape index (κ3) is 1.26. The molecule has 0 bridgehead atoms. The molecule has 1 heterocycles. The van der Waals surface area contributed by atoms with Crippen LogP contribution in [0, 0.1) is 0 Å². The van der Waals surface area contributed by atoms with Crippen molar-refractivity contribution in [2.24, 2.45) is 0 Å². The fourth-order valence-electron chi connectivity index (χ4n) is 1.39. The zero-order valence-corrected chi connectivity index (χ0v) is 6.57. The highest BCUT2D eigenvalue weighted by atomic mass is 16.7. The van der Waals surface area contributed by atoms with Gasteiger partial charge in [0, 0.05) is 0 Å². The Bertz CT molecular complexity index is 180. The molecule has 2 nitrogen and oxygen atoms in total. The monoisotopic (exact) mass is 150 g/mol. The van der Waals surface area contributed by atoms with Crippen LogP contribution in [0.1, 0.15) is 6.92 Å². The van der Waals surface area contributed by atoms with E-state index in [2.05, 4.69) is 6.92 Å². The average Bonchev–Trinajstić information content (AvgIpc) is 2.46. The summed E-state index contributed by atoms with van der Waals surface area (Å²) in [6.45, 7) is 2.06. The van der Waals surface area contributed by atoms with E-state index in [1.807, 2.05) is 24.3 Å². The van der Waals surface area contributed by atoms with Crippen molar-refractivity contribution >= 4 is 7.12 Å². The maximum Gasteiger partial charge on any atom is 0.457 e. The van der Waals surface area contributed by atoms with E-state index in [1.54, 1.807) is 0 Å². The highest BCUT2D eigenvalue weighted by Crippen LogP contribution is 2.22. The second-order valence-electron chi connectivity index (χ2n) is 2.81. The van der Waals surface area contributed by atoms with Crippen molar-refractivity contribution in [1.29, 1.82) is 0 Å². The van der Waals surface area contributed by atoms with Crippen LogP contribution in [0.25, 0.3) is 0 Å². The Morgan fingerprint density at radius 3 is 2.18 bits per heavy atom. The summed E-state index contributed by atoms with van der Waals surface area (Å²) in [5.41, 5.74) is 0. The average molecular weight is 150 g/mol. The maximum atomic E-state index is 5.55. The van der Waals surface area contributed by atoms with Gasteiger partial charge in [0.05, 0.1) is 12.2 Å². The first-order valence-electron chi connectivity index (χ1n) is 4.06. The molecule has 0 aromatic carbocycles. The van der Waals surface area contributed by atoms with Gasteiger partial charge in [0.25, 0.3) is 0 Å². The molecule has 0 amide bonds. The quantitative estimate of drug-likeness (QED) is 0.526. The van der Waals surface area contributed by atoms with Gasteiger partial charge in [-0.1, -0.05) is 31.2 Å². The van der Waals surface area contributed by atoms with Crippen molar-refractivity contribution in [3.8, 4) is 0 Å². The second-order valence-corrected chi connectivity index (χ2v) is 2.81. The predicted molar refractivity (Wildman–Crippen MR) is 44.3 cm³/mol. The van der Waals surface area contributed by atoms with Crippen LogP contribution in [0.5, 0.6) is 0 Å². The Morgan fingerprint density at radius 1 is 1.18 bits per heavy atom. The zero-order valence-electron chi connectivity index (χ0n) is 6.57. The molecule has 0 unspecified atom stereocenters. The zero-order chi connectivity index (χ0) is 7.68. The van der Waals surface area contributed by atoms with E-state index in [0.29, 0.717) is 0 Å². The molecule has 2 rings (SSSR count). The van der Waals surface area contributed by atoms with Gasteiger partial charge >= 0.3 is 7.12 Å². The number of rotatable bonds is 1. The highest BCUT2D eigenvalue weighted by molar-refractivity contribution is 6.45. The van der Waals surface area contributed by atoms with Crippen molar-refractivity contribution < 1.29 is 9.31 Å². The molecule has 1 aliphatic carbocycles. The van der Waals surface area contributed by atoms with E-state index in [0.717, 1.165) is 6.32 Å². The summed E-state index contributed by atoms with van der Waals surface area (Å²) in [5.74, 6) is 0. The van der Waals surface area contributed by atoms with Gasteiger partial charge in [0.2, 0.25) is 0 Å². The van der Waals surface area contributed by atoms with E-state index in [-0.39, 0.29) is 19.3 Å². The SMILES string of the molecule is CCB1O[C@H]2C=CC=C[C@H]2O1. The Balaban J connectivity index is 2.06. The smallest absolute Gasteiger partial charge is 0.402 e. The molecule has 1 aliphatic heterocycles. The summed E-state index contributed by atoms with van der Waals surface area (Å²) in [4.78, 5) is 0. The van der Waals surface area contributed by atoms with Crippen LogP contribution in [0.3, 0.4) is 0 Å². The summed E-state index contributed by atoms with van der Waals surface area (Å²) in [5, 5.41) is 0. The number of hydrogen-bond acceptors (Lipinski definition) is 2. The number of hydrogen-bond donors (Lipinski definition) is 0. The van der Waals surface area contributed by atoms with Crippen molar-refractivity contribution in [2.75, 3.05) is 0 Å². The van der Waals surface area contributed by atoms with Gasteiger partial charge in [0.15, 0.2) is 0 Å². The predicted octanol–water partition coefficient (Wildman–Crippen LogP) is 1.40. The molecule has 1 fully saturated rings. The van der Waals surface area contributed by atoms with E-state index in [9.17, 15) is 0 Å². The fraction of sp³-hybridized carbons (Fsp3) is 0.500. The molecule has 0 radical (unpaired) electrons. The first kappa shape index (κ1) is 7.13. The lowest BCUT2D eigenvalue weighted by molar-refractivity contribution is 0.233. The summed E-state index contributed by atoms with van der Waals surface area (Å²) >= 11 is 0. The lowest BCUT2D eigenvalue weighted by Gasteiger charge is -2.12. The minimum atomic E-state index is -0.00241. The topological polar surface area (TPSA) is 18.5 Å². The van der Waals surface area contributed by atoms with Gasteiger partial charge < -0.3 is 9.31 Å². The van der Waals surface area contributed by atoms with Crippen LogP contribution in [0.2, 0.25) is 6.32 Å². The molecular weight excluding hydrogens is 139 g/mol. The van der Waals surface area contributed by atoms with Gasteiger partial charge in [-0.05, 0) is 6.32 Å². The van der Waals surface area contributed by atoms with E-state index < -0.39 is 0 Å². The molecule has 0 aromatic heterocycles. The van der Waals surface area contributed by atoms with Crippen molar-refractivity contribution in [1.82, 2.24) is 0 Å². The number of allylic oxidation sites excluding steroid dienone is 2. The van der Waals surface area contributed by atoms with Crippen LogP contribution >= 0.6 is 0 Å². The minimum absolute atomic E-state index is 0.00241. The first-order valence-corrected chi connectivity index (χ1v) is 4.06. The van der Waals surface area contributed by atoms with Gasteiger partial charge in [-0.15, -0.1) is 0 Å². The van der Waals surface area contributed by atoms with E-state index >= 15 is 0 Å². The van der Waals surface area contributed by atoms with Gasteiger partial charge in [-0.25, -0.2) is 0 Å². The lowest BCUT2D eigenvalue weighted by Crippen LogP contribution is -2.18. The normalized spacial score (nSPS) is 34.5. The molecule has 1 saturated heterocycles. The standard InChI is InChI=1S/C8H11BO2/c1-2-9-10-7-5-3-4-6-8(7)11-9/h3-8H,2H2,1H3/t7-,8+. The van der Waals surface area contributed by atoms with Crippen LogP contribution < -0.4 is 0 Å². The largest absolute Gasteiger partial charge is 0.457 e. The number of fused-ring (bicyclic) bond motifs is 1. The van der Waals surface area contributed by atoms with Gasteiger partial charge in [0.1, 0.15) is 0 Å².